The number of phenolic OH excluding ortho intramolecular Hbond substituents is 2. The Labute approximate surface area is 206 Å². The van der Waals surface area contributed by atoms with Gasteiger partial charge in [-0.1, -0.05) is 48.6 Å². The average Bonchev–Trinajstić information content (AvgIpc) is 3.29. The summed E-state index contributed by atoms with van der Waals surface area (Å²) in [6.45, 7) is 0. The number of nitrogens with two attached hydrogens (primary N) is 3. The standard InChI is InChI=1S/C9H7N3O2S.2C6H7N.CH3NS2/c13-6-1-2-7(8(14)5-6)11-12-9-10-3-4-15-9;2*7-6-4-2-1-3-5-6;2-1(3)4/h1-5,13-14H;2*1-5H,7H2;(H3,2,3,4). The smallest absolute Gasteiger partial charge is 0.229 e. The van der Waals surface area contributed by atoms with E-state index in [2.05, 4.69) is 40.1 Å². The molecule has 0 fully saturated rings. The number of thiocarbonyl (C=S) groups is 1. The molecule has 8 nitrogen and oxygen atoms in total. The van der Waals surface area contributed by atoms with Crippen molar-refractivity contribution < 1.29 is 10.2 Å². The number of nitrogen functional groups attached to an aromatic ring is 2. The molecule has 4 rings (SSSR count). The van der Waals surface area contributed by atoms with Gasteiger partial charge in [-0.2, -0.15) is 0 Å². The molecule has 0 radical (unpaired) electrons. The number of azo groups is 1. The van der Waals surface area contributed by atoms with Gasteiger partial charge in [-0.25, -0.2) is 4.98 Å². The van der Waals surface area contributed by atoms with Crippen molar-refractivity contribution in [1.82, 2.24) is 4.98 Å². The molecular formula is C22H24N6O2S3. The van der Waals surface area contributed by atoms with Crippen LogP contribution in [0.4, 0.5) is 22.2 Å². The molecule has 1 aromatic heterocycles. The van der Waals surface area contributed by atoms with Crippen LogP contribution in [-0.4, -0.2) is 19.5 Å². The molecule has 0 spiro atoms. The molecule has 8 N–H and O–H groups in total. The van der Waals surface area contributed by atoms with Crippen molar-refractivity contribution in [3.8, 4) is 11.5 Å². The summed E-state index contributed by atoms with van der Waals surface area (Å²) in [5, 5.41) is 28.4. The topological polar surface area (TPSA) is 156 Å². The Kier molecular flexibility index (Phi) is 13.3. The van der Waals surface area contributed by atoms with Gasteiger partial charge < -0.3 is 27.4 Å². The zero-order valence-electron chi connectivity index (χ0n) is 17.4. The van der Waals surface area contributed by atoms with Gasteiger partial charge in [0.2, 0.25) is 5.13 Å². The Morgan fingerprint density at radius 1 is 0.879 bits per heavy atom. The van der Waals surface area contributed by atoms with E-state index in [1.807, 2.05) is 60.7 Å². The highest BCUT2D eigenvalue weighted by Crippen LogP contribution is 2.31. The lowest BCUT2D eigenvalue weighted by Crippen LogP contribution is -1.94. The SMILES string of the molecule is NC(=S)S.Nc1ccccc1.Nc1ccccc1.Oc1ccc(N=Nc2nccs2)c(O)c1. The summed E-state index contributed by atoms with van der Waals surface area (Å²) in [4.78, 5) is 3.91. The molecular weight excluding hydrogens is 476 g/mol. The number of hydrogen-bond acceptors (Lipinski definition) is 9. The predicted octanol–water partition coefficient (Wildman–Crippen LogP) is 5.67. The van der Waals surface area contributed by atoms with Gasteiger partial charge in [-0.15, -0.1) is 34.2 Å². The van der Waals surface area contributed by atoms with Crippen molar-refractivity contribution >= 4 is 62.7 Å². The summed E-state index contributed by atoms with van der Waals surface area (Å²) < 4.78 is 0.194. The summed E-state index contributed by atoms with van der Waals surface area (Å²) >= 11 is 9.00. The van der Waals surface area contributed by atoms with Gasteiger partial charge in [0.15, 0.2) is 0 Å². The fraction of sp³-hybridized carbons (Fsp3) is 0. The third kappa shape index (κ3) is 14.1. The third-order valence-electron chi connectivity index (χ3n) is 3.22. The van der Waals surface area contributed by atoms with Crippen LogP contribution < -0.4 is 17.2 Å². The number of para-hydroxylation sites is 2. The monoisotopic (exact) mass is 500 g/mol. The Bertz CT molecular complexity index is 1050. The van der Waals surface area contributed by atoms with Crippen LogP contribution in [0.2, 0.25) is 0 Å². The van der Waals surface area contributed by atoms with E-state index in [0.29, 0.717) is 10.8 Å². The molecule has 4 aromatic rings. The van der Waals surface area contributed by atoms with Crippen molar-refractivity contribution in [3.63, 3.8) is 0 Å². The first-order chi connectivity index (χ1) is 15.8. The summed E-state index contributed by atoms with van der Waals surface area (Å²) in [6, 6.07) is 23.1. The van der Waals surface area contributed by atoms with Crippen molar-refractivity contribution in [3.05, 3.63) is 90.4 Å². The van der Waals surface area contributed by atoms with Gasteiger partial charge >= 0.3 is 0 Å². The number of benzene rings is 3. The summed E-state index contributed by atoms with van der Waals surface area (Å²) in [7, 11) is 0. The fourth-order valence-corrected chi connectivity index (χ4v) is 2.32. The highest BCUT2D eigenvalue weighted by molar-refractivity contribution is 8.10. The van der Waals surface area contributed by atoms with E-state index in [-0.39, 0.29) is 15.8 Å². The van der Waals surface area contributed by atoms with Crippen LogP contribution in [0.1, 0.15) is 0 Å². The Morgan fingerprint density at radius 2 is 1.39 bits per heavy atom. The normalized spacial score (nSPS) is 9.36. The number of thiazole rings is 1. The van der Waals surface area contributed by atoms with Crippen molar-refractivity contribution in [2.75, 3.05) is 11.5 Å². The van der Waals surface area contributed by atoms with Gasteiger partial charge in [0.25, 0.3) is 0 Å². The van der Waals surface area contributed by atoms with E-state index in [1.165, 1.54) is 29.5 Å². The number of phenols is 2. The Morgan fingerprint density at radius 3 is 1.76 bits per heavy atom. The first kappa shape index (κ1) is 27.4. The lowest BCUT2D eigenvalue weighted by molar-refractivity contribution is 0.451. The lowest BCUT2D eigenvalue weighted by Gasteiger charge is -1.96. The minimum atomic E-state index is -0.115. The Balaban J connectivity index is 0.000000253. The van der Waals surface area contributed by atoms with Gasteiger partial charge in [0.1, 0.15) is 21.5 Å². The van der Waals surface area contributed by atoms with Crippen molar-refractivity contribution in [1.29, 1.82) is 0 Å². The summed E-state index contributed by atoms with van der Waals surface area (Å²) in [5.41, 5.74) is 17.4. The zero-order valence-corrected chi connectivity index (χ0v) is 19.9. The molecule has 0 aliphatic carbocycles. The number of aromatic nitrogens is 1. The average molecular weight is 501 g/mol. The van der Waals surface area contributed by atoms with Gasteiger partial charge in [0.05, 0.1) is 0 Å². The zero-order chi connectivity index (χ0) is 24.5. The van der Waals surface area contributed by atoms with Crippen molar-refractivity contribution in [2.24, 2.45) is 16.0 Å². The van der Waals surface area contributed by atoms with Gasteiger partial charge in [0, 0.05) is 29.0 Å². The lowest BCUT2D eigenvalue weighted by atomic mass is 10.3. The van der Waals surface area contributed by atoms with E-state index in [0.717, 1.165) is 11.4 Å². The quantitative estimate of drug-likeness (QED) is 0.0896. The molecule has 0 amide bonds. The molecule has 172 valence electrons. The van der Waals surface area contributed by atoms with Crippen LogP contribution in [0.3, 0.4) is 0 Å². The maximum absolute atomic E-state index is 9.39. The van der Waals surface area contributed by atoms with E-state index >= 15 is 0 Å². The highest BCUT2D eigenvalue weighted by Gasteiger charge is 2.00. The van der Waals surface area contributed by atoms with Crippen LogP contribution in [0, 0.1) is 0 Å². The van der Waals surface area contributed by atoms with Crippen LogP contribution in [0.15, 0.2) is 101 Å². The second-order valence-corrected chi connectivity index (χ2v) is 7.94. The molecule has 33 heavy (non-hydrogen) atoms. The minimum absolute atomic E-state index is 0.0132. The van der Waals surface area contributed by atoms with Crippen LogP contribution in [0.25, 0.3) is 0 Å². The molecule has 0 unspecified atom stereocenters. The highest BCUT2D eigenvalue weighted by atomic mass is 32.1. The number of hydrogen-bond donors (Lipinski definition) is 6. The predicted molar refractivity (Wildman–Crippen MR) is 144 cm³/mol. The second-order valence-electron chi connectivity index (χ2n) is 5.85. The van der Waals surface area contributed by atoms with Gasteiger partial charge in [-0.05, 0) is 36.4 Å². The maximum Gasteiger partial charge on any atom is 0.229 e. The number of rotatable bonds is 2. The molecule has 0 saturated heterocycles. The number of aromatic hydroxyl groups is 2. The second kappa shape index (κ2) is 16.0. The molecule has 3 aromatic carbocycles. The van der Waals surface area contributed by atoms with Gasteiger partial charge in [-0.3, -0.25) is 0 Å². The summed E-state index contributed by atoms with van der Waals surface area (Å²) in [5.74, 6) is -0.129. The number of thiol groups is 1. The molecule has 1 heterocycles. The minimum Gasteiger partial charge on any atom is -0.508 e. The Hall–Kier alpha value is -3.67. The molecule has 0 aliphatic rings. The molecule has 0 saturated carbocycles. The van der Waals surface area contributed by atoms with Crippen LogP contribution in [0.5, 0.6) is 11.5 Å². The van der Waals surface area contributed by atoms with E-state index < -0.39 is 0 Å². The largest absolute Gasteiger partial charge is 0.508 e. The summed E-state index contributed by atoms with van der Waals surface area (Å²) in [6.07, 6.45) is 1.62. The first-order valence-electron chi connectivity index (χ1n) is 9.20. The number of nitrogens with zero attached hydrogens (tertiary/aromatic N) is 3. The van der Waals surface area contributed by atoms with Crippen LogP contribution in [-0.2, 0) is 0 Å². The van der Waals surface area contributed by atoms with Crippen LogP contribution >= 0.6 is 36.2 Å². The third-order valence-corrected chi connectivity index (χ3v) is 3.88. The van der Waals surface area contributed by atoms with E-state index in [4.69, 9.17) is 22.3 Å². The van der Waals surface area contributed by atoms with E-state index in [9.17, 15) is 5.11 Å². The first-order valence-corrected chi connectivity index (χ1v) is 10.9. The molecule has 0 aliphatic heterocycles. The molecule has 0 bridgehead atoms. The fourth-order valence-electron chi connectivity index (χ4n) is 1.86. The van der Waals surface area contributed by atoms with Crippen molar-refractivity contribution in [2.45, 2.75) is 0 Å². The van der Waals surface area contributed by atoms with E-state index in [1.54, 1.807) is 11.6 Å². The number of anilines is 2. The maximum atomic E-state index is 9.39. The molecule has 11 heteroatoms. The molecule has 0 atom stereocenters.